The zero-order valence-corrected chi connectivity index (χ0v) is 15.0. The predicted octanol–water partition coefficient (Wildman–Crippen LogP) is 1.67. The number of benzene rings is 1. The SMILES string of the molecule is CNC(C)(C)[C@@H](Cc1ccccc1)C(=O)NCCOC(C)(C)N. The highest BCUT2D eigenvalue weighted by Gasteiger charge is 2.33. The minimum absolute atomic E-state index is 0.0200. The van der Waals surface area contributed by atoms with Gasteiger partial charge in [-0.1, -0.05) is 30.3 Å². The molecule has 0 unspecified atom stereocenters. The van der Waals surface area contributed by atoms with Crippen LogP contribution >= 0.6 is 0 Å². The summed E-state index contributed by atoms with van der Waals surface area (Å²) in [5.41, 5.74) is 5.91. The largest absolute Gasteiger partial charge is 0.360 e. The molecular weight excluding hydrogens is 290 g/mol. The smallest absolute Gasteiger partial charge is 0.225 e. The van der Waals surface area contributed by atoms with E-state index in [0.717, 1.165) is 5.56 Å². The lowest BCUT2D eigenvalue weighted by molar-refractivity contribution is -0.127. The van der Waals surface area contributed by atoms with Gasteiger partial charge >= 0.3 is 0 Å². The van der Waals surface area contributed by atoms with Gasteiger partial charge in [-0.3, -0.25) is 4.79 Å². The fourth-order valence-electron chi connectivity index (χ4n) is 2.31. The summed E-state index contributed by atoms with van der Waals surface area (Å²) in [5, 5.41) is 6.20. The molecule has 0 radical (unpaired) electrons. The van der Waals surface area contributed by atoms with Crippen molar-refractivity contribution in [1.29, 1.82) is 0 Å². The van der Waals surface area contributed by atoms with Gasteiger partial charge in [-0.2, -0.15) is 0 Å². The molecule has 0 aromatic heterocycles. The molecule has 0 bridgehead atoms. The molecule has 23 heavy (non-hydrogen) atoms. The highest BCUT2D eigenvalue weighted by Crippen LogP contribution is 2.21. The van der Waals surface area contributed by atoms with E-state index in [9.17, 15) is 4.79 Å². The Morgan fingerprint density at radius 1 is 1.22 bits per heavy atom. The minimum atomic E-state index is -0.682. The Balaban J connectivity index is 2.67. The van der Waals surface area contributed by atoms with E-state index in [1.165, 1.54) is 0 Å². The monoisotopic (exact) mass is 321 g/mol. The average Bonchev–Trinajstić information content (AvgIpc) is 2.49. The summed E-state index contributed by atoms with van der Waals surface area (Å²) in [6, 6.07) is 10.1. The number of nitrogens with two attached hydrogens (primary N) is 1. The van der Waals surface area contributed by atoms with Crippen LogP contribution in [0.25, 0.3) is 0 Å². The second kappa shape index (κ2) is 8.43. The number of hydrogen-bond donors (Lipinski definition) is 3. The number of carbonyl (C=O) groups excluding carboxylic acids is 1. The standard InChI is InChI=1S/C18H31N3O2/c1-17(2,20-5)15(13-14-9-7-6-8-10-14)16(22)21-11-12-23-18(3,4)19/h6-10,15,20H,11-13,19H2,1-5H3,(H,21,22)/t15-/m0/s1. The van der Waals surface area contributed by atoms with Crippen molar-refractivity contribution in [2.45, 2.75) is 45.4 Å². The first-order chi connectivity index (χ1) is 10.7. The molecule has 1 rings (SSSR count). The summed E-state index contributed by atoms with van der Waals surface area (Å²) < 4.78 is 5.44. The number of ether oxygens (including phenoxy) is 1. The molecule has 5 nitrogen and oxygen atoms in total. The van der Waals surface area contributed by atoms with Gasteiger partial charge in [-0.25, -0.2) is 0 Å². The van der Waals surface area contributed by atoms with Crippen LogP contribution in [0.1, 0.15) is 33.3 Å². The van der Waals surface area contributed by atoms with Gasteiger partial charge in [0.05, 0.1) is 12.5 Å². The van der Waals surface area contributed by atoms with Gasteiger partial charge in [0.2, 0.25) is 5.91 Å². The van der Waals surface area contributed by atoms with E-state index in [-0.39, 0.29) is 17.4 Å². The number of hydrogen-bond acceptors (Lipinski definition) is 4. The third-order valence-corrected chi connectivity index (χ3v) is 3.99. The summed E-state index contributed by atoms with van der Waals surface area (Å²) in [7, 11) is 1.88. The van der Waals surface area contributed by atoms with Crippen LogP contribution < -0.4 is 16.4 Å². The Hall–Kier alpha value is -1.43. The fraction of sp³-hybridized carbons (Fsp3) is 0.611. The summed E-state index contributed by atoms with van der Waals surface area (Å²) in [6.07, 6.45) is 0.684. The normalized spacial score (nSPS) is 13.7. The lowest BCUT2D eigenvalue weighted by Crippen LogP contribution is -2.52. The molecule has 0 aliphatic heterocycles. The van der Waals surface area contributed by atoms with Crippen molar-refractivity contribution >= 4 is 5.91 Å². The molecule has 0 spiro atoms. The predicted molar refractivity (Wildman–Crippen MR) is 94.0 cm³/mol. The van der Waals surface area contributed by atoms with Crippen molar-refractivity contribution in [3.8, 4) is 0 Å². The highest BCUT2D eigenvalue weighted by atomic mass is 16.5. The summed E-state index contributed by atoms with van der Waals surface area (Å²) in [5.74, 6) is -0.160. The molecule has 0 saturated heterocycles. The second-order valence-corrected chi connectivity index (χ2v) is 6.96. The van der Waals surface area contributed by atoms with E-state index in [4.69, 9.17) is 10.5 Å². The molecule has 0 fully saturated rings. The average molecular weight is 321 g/mol. The molecule has 4 N–H and O–H groups in total. The summed E-state index contributed by atoms with van der Waals surface area (Å²) >= 11 is 0. The van der Waals surface area contributed by atoms with Gasteiger partial charge in [0.15, 0.2) is 0 Å². The van der Waals surface area contributed by atoms with Crippen molar-refractivity contribution in [3.05, 3.63) is 35.9 Å². The number of amides is 1. The van der Waals surface area contributed by atoms with Crippen molar-refractivity contribution in [3.63, 3.8) is 0 Å². The van der Waals surface area contributed by atoms with Gasteiger partial charge in [-0.05, 0) is 46.7 Å². The fourth-order valence-corrected chi connectivity index (χ4v) is 2.31. The van der Waals surface area contributed by atoms with E-state index in [0.29, 0.717) is 19.6 Å². The first-order valence-electron chi connectivity index (χ1n) is 8.09. The van der Waals surface area contributed by atoms with Crippen LogP contribution in [0.3, 0.4) is 0 Å². The van der Waals surface area contributed by atoms with Gasteiger partial charge < -0.3 is 21.1 Å². The molecule has 1 aromatic carbocycles. The maximum Gasteiger partial charge on any atom is 0.225 e. The van der Waals surface area contributed by atoms with Crippen LogP contribution in [0.15, 0.2) is 30.3 Å². The van der Waals surface area contributed by atoms with E-state index in [2.05, 4.69) is 10.6 Å². The second-order valence-electron chi connectivity index (χ2n) is 6.96. The maximum absolute atomic E-state index is 12.6. The molecule has 0 aliphatic carbocycles. The lowest BCUT2D eigenvalue weighted by atomic mass is 9.82. The van der Waals surface area contributed by atoms with E-state index in [1.54, 1.807) is 13.8 Å². The molecule has 0 aliphatic rings. The zero-order chi connectivity index (χ0) is 17.5. The van der Waals surface area contributed by atoms with Gasteiger partial charge in [0.25, 0.3) is 0 Å². The first-order valence-corrected chi connectivity index (χ1v) is 8.09. The molecular formula is C18H31N3O2. The van der Waals surface area contributed by atoms with Gasteiger partial charge in [0.1, 0.15) is 5.72 Å². The van der Waals surface area contributed by atoms with Crippen molar-refractivity contribution in [2.24, 2.45) is 11.7 Å². The van der Waals surface area contributed by atoms with Crippen LogP contribution in [0.4, 0.5) is 0 Å². The molecule has 0 saturated carbocycles. The van der Waals surface area contributed by atoms with Crippen molar-refractivity contribution in [2.75, 3.05) is 20.2 Å². The quantitative estimate of drug-likeness (QED) is 0.478. The molecule has 0 heterocycles. The van der Waals surface area contributed by atoms with Crippen LogP contribution in [0.5, 0.6) is 0 Å². The molecule has 1 amide bonds. The molecule has 1 atom stereocenters. The Morgan fingerprint density at radius 3 is 2.35 bits per heavy atom. The Bertz CT molecular complexity index is 481. The first kappa shape index (κ1) is 19.6. The van der Waals surface area contributed by atoms with Crippen LogP contribution in [-0.2, 0) is 16.0 Å². The third kappa shape index (κ3) is 7.12. The van der Waals surface area contributed by atoms with E-state index >= 15 is 0 Å². The lowest BCUT2D eigenvalue weighted by Gasteiger charge is -2.33. The Morgan fingerprint density at radius 2 is 1.83 bits per heavy atom. The number of carbonyl (C=O) groups is 1. The minimum Gasteiger partial charge on any atom is -0.360 e. The van der Waals surface area contributed by atoms with E-state index in [1.807, 2.05) is 51.2 Å². The zero-order valence-electron chi connectivity index (χ0n) is 15.0. The maximum atomic E-state index is 12.6. The van der Waals surface area contributed by atoms with Gasteiger partial charge in [0, 0.05) is 12.1 Å². The van der Waals surface area contributed by atoms with Crippen LogP contribution in [0, 0.1) is 5.92 Å². The molecule has 1 aromatic rings. The Labute approximate surface area is 140 Å². The number of rotatable bonds is 9. The third-order valence-electron chi connectivity index (χ3n) is 3.99. The van der Waals surface area contributed by atoms with Crippen molar-refractivity contribution < 1.29 is 9.53 Å². The number of nitrogens with one attached hydrogen (secondary N) is 2. The van der Waals surface area contributed by atoms with Crippen molar-refractivity contribution in [1.82, 2.24) is 10.6 Å². The summed E-state index contributed by atoms with van der Waals surface area (Å²) in [6.45, 7) is 8.51. The topological polar surface area (TPSA) is 76.4 Å². The Kier molecular flexibility index (Phi) is 7.19. The van der Waals surface area contributed by atoms with Crippen LogP contribution in [0.2, 0.25) is 0 Å². The highest BCUT2D eigenvalue weighted by molar-refractivity contribution is 5.80. The van der Waals surface area contributed by atoms with Crippen LogP contribution in [-0.4, -0.2) is 37.4 Å². The molecule has 130 valence electrons. The molecule has 5 heteroatoms. The van der Waals surface area contributed by atoms with Gasteiger partial charge in [-0.15, -0.1) is 0 Å². The summed E-state index contributed by atoms with van der Waals surface area (Å²) in [4.78, 5) is 12.6. The van der Waals surface area contributed by atoms with E-state index < -0.39 is 5.72 Å².